The molecule has 2 aliphatic rings. The van der Waals surface area contributed by atoms with Crippen molar-refractivity contribution >= 4 is 17.6 Å². The van der Waals surface area contributed by atoms with Crippen molar-refractivity contribution in [2.75, 3.05) is 48.9 Å². The van der Waals surface area contributed by atoms with E-state index in [2.05, 4.69) is 30.2 Å². The Kier molecular flexibility index (Phi) is 4.35. The average molecular weight is 341 g/mol. The number of morpholine rings is 1. The molecule has 1 saturated heterocycles. The van der Waals surface area contributed by atoms with Crippen molar-refractivity contribution in [3.63, 3.8) is 0 Å². The third-order valence-corrected chi connectivity index (χ3v) is 4.37. The average Bonchev–Trinajstić information content (AvgIpc) is 3.46. The minimum absolute atomic E-state index is 0.0924. The fourth-order valence-corrected chi connectivity index (χ4v) is 2.83. The Hall–Kier alpha value is -2.48. The number of ether oxygens (including phenoxy) is 1. The van der Waals surface area contributed by atoms with E-state index in [9.17, 15) is 0 Å². The quantitative estimate of drug-likeness (QED) is 0.876. The van der Waals surface area contributed by atoms with Crippen molar-refractivity contribution in [3.8, 4) is 0 Å². The smallest absolute Gasteiger partial charge is 0.225 e. The summed E-state index contributed by atoms with van der Waals surface area (Å²) in [5.41, 5.74) is 0.897. The number of hydrogen-bond donors (Lipinski definition) is 1. The highest BCUT2D eigenvalue weighted by Crippen LogP contribution is 2.27. The summed E-state index contributed by atoms with van der Waals surface area (Å²) >= 11 is 0. The Bertz CT molecular complexity index is 734. The Morgan fingerprint density at radius 2 is 2.12 bits per heavy atom. The number of rotatable bonds is 5. The summed E-state index contributed by atoms with van der Waals surface area (Å²) in [6.07, 6.45) is 5.76. The van der Waals surface area contributed by atoms with Crippen LogP contribution >= 0.6 is 0 Å². The van der Waals surface area contributed by atoms with E-state index in [1.165, 1.54) is 12.8 Å². The lowest BCUT2D eigenvalue weighted by atomic mass is 10.2. The molecule has 3 heterocycles. The van der Waals surface area contributed by atoms with E-state index in [1.807, 2.05) is 31.1 Å². The SMILES string of the molecule is CN(C)c1nccc([C@@H]2CN(c3cc(NC4CC4)ncn3)CCO2)n1. The van der Waals surface area contributed by atoms with Crippen molar-refractivity contribution < 1.29 is 4.74 Å². The summed E-state index contributed by atoms with van der Waals surface area (Å²) in [4.78, 5) is 21.8. The zero-order valence-corrected chi connectivity index (χ0v) is 14.6. The molecule has 1 atom stereocenters. The lowest BCUT2D eigenvalue weighted by Crippen LogP contribution is -2.39. The van der Waals surface area contributed by atoms with Crippen LogP contribution in [0.5, 0.6) is 0 Å². The fourth-order valence-electron chi connectivity index (χ4n) is 2.83. The minimum Gasteiger partial charge on any atom is -0.368 e. The van der Waals surface area contributed by atoms with Crippen LogP contribution in [0.2, 0.25) is 0 Å². The van der Waals surface area contributed by atoms with E-state index < -0.39 is 0 Å². The van der Waals surface area contributed by atoms with Crippen molar-refractivity contribution in [2.24, 2.45) is 0 Å². The molecule has 2 fully saturated rings. The zero-order valence-electron chi connectivity index (χ0n) is 14.6. The van der Waals surface area contributed by atoms with Gasteiger partial charge < -0.3 is 19.9 Å². The molecule has 2 aromatic rings. The predicted molar refractivity (Wildman–Crippen MR) is 95.9 cm³/mol. The van der Waals surface area contributed by atoms with Crippen molar-refractivity contribution in [3.05, 3.63) is 30.4 Å². The number of nitrogens with one attached hydrogen (secondary N) is 1. The molecule has 8 heteroatoms. The molecule has 1 aliphatic heterocycles. The summed E-state index contributed by atoms with van der Waals surface area (Å²) in [5.74, 6) is 2.51. The second-order valence-electron chi connectivity index (χ2n) is 6.66. The van der Waals surface area contributed by atoms with Gasteiger partial charge in [0.1, 0.15) is 24.1 Å². The van der Waals surface area contributed by atoms with Gasteiger partial charge in [0.2, 0.25) is 5.95 Å². The topological polar surface area (TPSA) is 79.3 Å². The van der Waals surface area contributed by atoms with Crippen LogP contribution in [0, 0.1) is 0 Å². The first-order chi connectivity index (χ1) is 12.2. The van der Waals surface area contributed by atoms with Gasteiger partial charge in [0.05, 0.1) is 18.8 Å². The summed E-state index contributed by atoms with van der Waals surface area (Å²) in [5, 5.41) is 3.42. The van der Waals surface area contributed by atoms with Crippen molar-refractivity contribution in [2.45, 2.75) is 25.0 Å². The van der Waals surface area contributed by atoms with Gasteiger partial charge in [0.15, 0.2) is 0 Å². The molecule has 0 unspecified atom stereocenters. The molecule has 1 aliphatic carbocycles. The fraction of sp³-hybridized carbons (Fsp3) is 0.529. The predicted octanol–water partition coefficient (Wildman–Crippen LogP) is 1.48. The highest BCUT2D eigenvalue weighted by molar-refractivity contribution is 5.50. The van der Waals surface area contributed by atoms with Gasteiger partial charge in [-0.3, -0.25) is 0 Å². The highest BCUT2D eigenvalue weighted by Gasteiger charge is 2.26. The zero-order chi connectivity index (χ0) is 17.2. The van der Waals surface area contributed by atoms with Gasteiger partial charge in [-0.1, -0.05) is 0 Å². The van der Waals surface area contributed by atoms with Gasteiger partial charge in [0.25, 0.3) is 0 Å². The molecule has 4 rings (SSSR count). The molecule has 0 bridgehead atoms. The van der Waals surface area contributed by atoms with Crippen LogP contribution in [-0.4, -0.2) is 59.8 Å². The van der Waals surface area contributed by atoms with Crippen molar-refractivity contribution in [1.29, 1.82) is 0 Å². The largest absolute Gasteiger partial charge is 0.368 e. The first-order valence-electron chi connectivity index (χ1n) is 8.64. The lowest BCUT2D eigenvalue weighted by Gasteiger charge is -2.33. The highest BCUT2D eigenvalue weighted by atomic mass is 16.5. The Morgan fingerprint density at radius 3 is 2.92 bits per heavy atom. The van der Waals surface area contributed by atoms with E-state index in [0.717, 1.165) is 23.9 Å². The molecular weight excluding hydrogens is 318 g/mol. The normalized spacial score (nSPS) is 20.4. The van der Waals surface area contributed by atoms with Gasteiger partial charge >= 0.3 is 0 Å². The number of anilines is 3. The first-order valence-corrected chi connectivity index (χ1v) is 8.64. The van der Waals surface area contributed by atoms with Crippen LogP contribution in [0.1, 0.15) is 24.6 Å². The molecule has 2 aromatic heterocycles. The second kappa shape index (κ2) is 6.79. The standard InChI is InChI=1S/C17H23N7O/c1-23(2)17-18-6-5-13(22-17)14-10-24(7-8-25-14)16-9-15(19-11-20-16)21-12-3-4-12/h5-6,9,11-12,14H,3-4,7-8,10H2,1-2H3,(H,19,20,21)/t14-/m0/s1. The Labute approximate surface area is 147 Å². The molecule has 0 aromatic carbocycles. The summed E-state index contributed by atoms with van der Waals surface area (Å²) < 4.78 is 5.95. The molecule has 1 N–H and O–H groups in total. The van der Waals surface area contributed by atoms with E-state index in [-0.39, 0.29) is 6.10 Å². The van der Waals surface area contributed by atoms with Gasteiger partial charge in [-0.15, -0.1) is 0 Å². The maximum absolute atomic E-state index is 5.95. The third kappa shape index (κ3) is 3.79. The van der Waals surface area contributed by atoms with E-state index in [0.29, 0.717) is 25.1 Å². The molecule has 25 heavy (non-hydrogen) atoms. The van der Waals surface area contributed by atoms with Crippen LogP contribution in [0.4, 0.5) is 17.6 Å². The Balaban J connectivity index is 1.50. The Morgan fingerprint density at radius 1 is 1.24 bits per heavy atom. The molecule has 0 spiro atoms. The minimum atomic E-state index is -0.0924. The van der Waals surface area contributed by atoms with E-state index >= 15 is 0 Å². The molecule has 0 amide bonds. The number of aromatic nitrogens is 4. The van der Waals surface area contributed by atoms with E-state index in [4.69, 9.17) is 4.74 Å². The molecule has 8 nitrogen and oxygen atoms in total. The maximum Gasteiger partial charge on any atom is 0.225 e. The van der Waals surface area contributed by atoms with Gasteiger partial charge in [0, 0.05) is 38.9 Å². The van der Waals surface area contributed by atoms with Gasteiger partial charge in [-0.25, -0.2) is 19.9 Å². The molecule has 132 valence electrons. The molecular formula is C17H23N7O. The summed E-state index contributed by atoms with van der Waals surface area (Å²) in [7, 11) is 3.87. The maximum atomic E-state index is 5.95. The summed E-state index contributed by atoms with van der Waals surface area (Å²) in [6, 6.07) is 4.51. The molecule has 0 radical (unpaired) electrons. The monoisotopic (exact) mass is 341 g/mol. The van der Waals surface area contributed by atoms with Crippen LogP contribution < -0.4 is 15.1 Å². The molecule has 1 saturated carbocycles. The summed E-state index contributed by atoms with van der Waals surface area (Å²) in [6.45, 7) is 2.16. The van der Waals surface area contributed by atoms with Crippen LogP contribution in [0.3, 0.4) is 0 Å². The second-order valence-corrected chi connectivity index (χ2v) is 6.66. The van der Waals surface area contributed by atoms with Crippen molar-refractivity contribution in [1.82, 2.24) is 19.9 Å². The van der Waals surface area contributed by atoms with Crippen LogP contribution in [0.25, 0.3) is 0 Å². The van der Waals surface area contributed by atoms with E-state index in [1.54, 1.807) is 12.5 Å². The number of nitrogens with zero attached hydrogens (tertiary/aromatic N) is 6. The van der Waals surface area contributed by atoms with Crippen LogP contribution in [0.15, 0.2) is 24.7 Å². The first kappa shape index (κ1) is 16.0. The number of hydrogen-bond acceptors (Lipinski definition) is 8. The third-order valence-electron chi connectivity index (χ3n) is 4.37. The van der Waals surface area contributed by atoms with Gasteiger partial charge in [-0.05, 0) is 18.9 Å². The lowest BCUT2D eigenvalue weighted by molar-refractivity contribution is 0.0367. The van der Waals surface area contributed by atoms with Gasteiger partial charge in [-0.2, -0.15) is 0 Å². The van der Waals surface area contributed by atoms with Crippen LogP contribution in [-0.2, 0) is 4.74 Å².